The summed E-state index contributed by atoms with van der Waals surface area (Å²) in [4.78, 5) is 10.6. The Morgan fingerprint density at radius 3 is 2.86 bits per heavy atom. The van der Waals surface area contributed by atoms with Crippen molar-refractivity contribution in [3.8, 4) is 0 Å². The molecule has 1 heterocycles. The summed E-state index contributed by atoms with van der Waals surface area (Å²) in [6.07, 6.45) is -0.622. The van der Waals surface area contributed by atoms with Crippen molar-refractivity contribution in [1.82, 2.24) is 10.2 Å². The van der Waals surface area contributed by atoms with E-state index in [0.29, 0.717) is 5.69 Å². The molecule has 4 nitrogen and oxygen atoms in total. The Balaban J connectivity index is 2.65. The molecule has 1 unspecified atom stereocenters. The molecule has 0 bridgehead atoms. The molecule has 0 saturated heterocycles. The number of carbonyl (C=O) groups is 1. The van der Waals surface area contributed by atoms with Gasteiger partial charge in [0, 0.05) is 0 Å². The minimum absolute atomic E-state index is 0.248. The van der Waals surface area contributed by atoms with Crippen molar-refractivity contribution in [1.29, 1.82) is 0 Å². The maximum Gasteiger partial charge on any atom is 0.338 e. The van der Waals surface area contributed by atoms with Gasteiger partial charge in [-0.3, -0.25) is 0 Å². The molecular weight excluding hydrogens is 211 g/mol. The third-order valence-electron chi connectivity index (χ3n) is 1.49. The summed E-state index contributed by atoms with van der Waals surface area (Å²) in [5, 5.41) is 7.50. The molecule has 1 aromatic rings. The van der Waals surface area contributed by atoms with E-state index in [2.05, 4.69) is 14.9 Å². The molecule has 0 aliphatic rings. The monoisotopic (exact) mass is 218 g/mol. The SMILES string of the molecule is CC(OC(=O)CF)c1ccc(Cl)nn1. The predicted octanol–water partition coefficient (Wildman–Crippen LogP) is 1.70. The van der Waals surface area contributed by atoms with Crippen molar-refractivity contribution in [2.45, 2.75) is 13.0 Å². The summed E-state index contributed by atoms with van der Waals surface area (Å²) < 4.78 is 16.5. The summed E-state index contributed by atoms with van der Waals surface area (Å²) in [5.41, 5.74) is 0.427. The zero-order chi connectivity index (χ0) is 10.6. The van der Waals surface area contributed by atoms with Crippen LogP contribution < -0.4 is 0 Å². The molecule has 0 amide bonds. The number of halogens is 2. The Labute approximate surface area is 85.0 Å². The van der Waals surface area contributed by atoms with E-state index in [-0.39, 0.29) is 5.15 Å². The van der Waals surface area contributed by atoms with Crippen molar-refractivity contribution in [3.05, 3.63) is 23.0 Å². The first-order valence-corrected chi connectivity index (χ1v) is 4.26. The first-order valence-electron chi connectivity index (χ1n) is 3.88. The number of nitrogens with zero attached hydrogens (tertiary/aromatic N) is 2. The van der Waals surface area contributed by atoms with Crippen LogP contribution in [0.5, 0.6) is 0 Å². The summed E-state index contributed by atoms with van der Waals surface area (Å²) >= 11 is 5.51. The van der Waals surface area contributed by atoms with Crippen LogP contribution in [0.25, 0.3) is 0 Å². The molecule has 0 radical (unpaired) electrons. The largest absolute Gasteiger partial charge is 0.454 e. The zero-order valence-corrected chi connectivity index (χ0v) is 8.16. The van der Waals surface area contributed by atoms with Gasteiger partial charge >= 0.3 is 5.97 Å². The lowest BCUT2D eigenvalue weighted by atomic mass is 10.3. The van der Waals surface area contributed by atoms with Crippen LogP contribution in [0.1, 0.15) is 18.7 Å². The van der Waals surface area contributed by atoms with Gasteiger partial charge in [-0.05, 0) is 19.1 Å². The molecule has 1 rings (SSSR count). The van der Waals surface area contributed by atoms with Gasteiger partial charge in [0.25, 0.3) is 0 Å². The van der Waals surface area contributed by atoms with E-state index >= 15 is 0 Å². The van der Waals surface area contributed by atoms with Gasteiger partial charge in [-0.25, -0.2) is 9.18 Å². The summed E-state index contributed by atoms with van der Waals surface area (Å²) in [7, 11) is 0. The Morgan fingerprint density at radius 2 is 2.36 bits per heavy atom. The zero-order valence-electron chi connectivity index (χ0n) is 7.41. The van der Waals surface area contributed by atoms with Gasteiger partial charge in [-0.2, -0.15) is 5.10 Å². The molecule has 0 aliphatic heterocycles. The van der Waals surface area contributed by atoms with Crippen molar-refractivity contribution in [2.75, 3.05) is 6.67 Å². The van der Waals surface area contributed by atoms with Gasteiger partial charge in [-0.15, -0.1) is 5.10 Å². The fourth-order valence-corrected chi connectivity index (χ4v) is 0.933. The van der Waals surface area contributed by atoms with Gasteiger partial charge in [0.2, 0.25) is 0 Å². The first kappa shape index (κ1) is 10.8. The number of rotatable bonds is 3. The Kier molecular flexibility index (Phi) is 3.76. The number of hydrogen-bond acceptors (Lipinski definition) is 4. The van der Waals surface area contributed by atoms with Crippen molar-refractivity contribution < 1.29 is 13.9 Å². The summed E-state index contributed by atoms with van der Waals surface area (Å²) in [6, 6.07) is 3.08. The van der Waals surface area contributed by atoms with Gasteiger partial charge in [0.15, 0.2) is 11.8 Å². The van der Waals surface area contributed by atoms with E-state index in [1.54, 1.807) is 13.0 Å². The maximum absolute atomic E-state index is 11.8. The molecule has 1 atom stereocenters. The molecule has 76 valence electrons. The van der Waals surface area contributed by atoms with Gasteiger partial charge in [0.1, 0.15) is 11.8 Å². The van der Waals surface area contributed by atoms with E-state index in [1.165, 1.54) is 6.07 Å². The fraction of sp³-hybridized carbons (Fsp3) is 0.375. The lowest BCUT2D eigenvalue weighted by Gasteiger charge is -2.10. The second-order valence-corrected chi connectivity index (χ2v) is 2.93. The van der Waals surface area contributed by atoms with E-state index in [4.69, 9.17) is 11.6 Å². The molecule has 0 aliphatic carbocycles. The number of esters is 1. The van der Waals surface area contributed by atoms with Crippen molar-refractivity contribution in [2.24, 2.45) is 0 Å². The molecular formula is C8H8ClFN2O2. The van der Waals surface area contributed by atoms with Gasteiger partial charge in [-0.1, -0.05) is 11.6 Å². The lowest BCUT2D eigenvalue weighted by Crippen LogP contribution is -2.11. The van der Waals surface area contributed by atoms with Crippen LogP contribution in [0, 0.1) is 0 Å². The number of hydrogen-bond donors (Lipinski definition) is 0. The van der Waals surface area contributed by atoms with Crippen molar-refractivity contribution >= 4 is 17.6 Å². The molecule has 0 aromatic carbocycles. The Hall–Kier alpha value is -1.23. The molecule has 0 spiro atoms. The van der Waals surface area contributed by atoms with E-state index < -0.39 is 18.7 Å². The number of carbonyl (C=O) groups excluding carboxylic acids is 1. The van der Waals surface area contributed by atoms with Crippen LogP contribution in [0.4, 0.5) is 4.39 Å². The highest BCUT2D eigenvalue weighted by Gasteiger charge is 2.12. The molecule has 0 saturated carbocycles. The quantitative estimate of drug-likeness (QED) is 0.725. The highest BCUT2D eigenvalue weighted by molar-refractivity contribution is 6.29. The molecule has 14 heavy (non-hydrogen) atoms. The van der Waals surface area contributed by atoms with E-state index in [0.717, 1.165) is 0 Å². The molecule has 6 heteroatoms. The number of alkyl halides is 1. The summed E-state index contributed by atoms with van der Waals surface area (Å²) in [5.74, 6) is -0.922. The Morgan fingerprint density at radius 1 is 1.64 bits per heavy atom. The van der Waals surface area contributed by atoms with Crippen LogP contribution in [-0.4, -0.2) is 22.8 Å². The average Bonchev–Trinajstić information content (AvgIpc) is 2.18. The first-order chi connectivity index (χ1) is 6.63. The van der Waals surface area contributed by atoms with Crippen LogP contribution in [0.3, 0.4) is 0 Å². The standard InChI is InChI=1S/C8H8ClFN2O2/c1-5(14-8(13)4-10)6-2-3-7(9)12-11-6/h2-3,5H,4H2,1H3. The predicted molar refractivity (Wildman–Crippen MR) is 47.5 cm³/mol. The Bertz CT molecular complexity index is 318. The van der Waals surface area contributed by atoms with E-state index in [9.17, 15) is 9.18 Å². The third kappa shape index (κ3) is 2.92. The average molecular weight is 219 g/mol. The smallest absolute Gasteiger partial charge is 0.338 e. The van der Waals surface area contributed by atoms with Crippen LogP contribution in [0.15, 0.2) is 12.1 Å². The fourth-order valence-electron chi connectivity index (χ4n) is 0.832. The maximum atomic E-state index is 11.8. The van der Waals surface area contributed by atoms with E-state index in [1.807, 2.05) is 0 Å². The highest BCUT2D eigenvalue weighted by Crippen LogP contribution is 2.14. The second kappa shape index (κ2) is 4.85. The summed E-state index contributed by atoms with van der Waals surface area (Å²) in [6.45, 7) is 0.427. The number of aromatic nitrogens is 2. The number of ether oxygens (including phenoxy) is 1. The van der Waals surface area contributed by atoms with Crippen molar-refractivity contribution in [3.63, 3.8) is 0 Å². The van der Waals surface area contributed by atoms with Gasteiger partial charge < -0.3 is 4.74 Å². The molecule has 0 fully saturated rings. The van der Waals surface area contributed by atoms with Crippen LogP contribution in [0.2, 0.25) is 5.15 Å². The molecule has 0 N–H and O–H groups in total. The van der Waals surface area contributed by atoms with Crippen LogP contribution in [-0.2, 0) is 9.53 Å². The highest BCUT2D eigenvalue weighted by atomic mass is 35.5. The van der Waals surface area contributed by atoms with Gasteiger partial charge in [0.05, 0.1) is 0 Å². The normalized spacial score (nSPS) is 12.2. The minimum atomic E-state index is -1.15. The molecule has 1 aromatic heterocycles. The second-order valence-electron chi connectivity index (χ2n) is 2.55. The third-order valence-corrected chi connectivity index (χ3v) is 1.69. The minimum Gasteiger partial charge on any atom is -0.454 e. The topological polar surface area (TPSA) is 52.1 Å². The van der Waals surface area contributed by atoms with Crippen LogP contribution >= 0.6 is 11.6 Å². The lowest BCUT2D eigenvalue weighted by molar-refractivity contribution is -0.149.